The molecule has 0 saturated carbocycles. The van der Waals surface area contributed by atoms with E-state index in [1.807, 2.05) is 14.0 Å². The topological polar surface area (TPSA) is 32.7 Å². The number of aliphatic hydroxyl groups is 1. The highest BCUT2D eigenvalue weighted by molar-refractivity contribution is 5.28. The summed E-state index contributed by atoms with van der Waals surface area (Å²) in [6, 6.07) is 5.96. The Morgan fingerprint density at radius 2 is 1.95 bits per heavy atom. The summed E-state index contributed by atoms with van der Waals surface area (Å²) < 4.78 is 40.0. The number of nitrogens with zero attached hydrogens (tertiary/aromatic N) is 1. The molecule has 1 aliphatic rings. The van der Waals surface area contributed by atoms with Crippen molar-refractivity contribution in [2.24, 2.45) is 0 Å². The summed E-state index contributed by atoms with van der Waals surface area (Å²) >= 11 is 0. The van der Waals surface area contributed by atoms with Gasteiger partial charge in [-0.25, -0.2) is 0 Å². The van der Waals surface area contributed by atoms with Gasteiger partial charge >= 0.3 is 6.36 Å². The third-order valence-electron chi connectivity index (χ3n) is 3.66. The maximum absolute atomic E-state index is 12.0. The van der Waals surface area contributed by atoms with E-state index < -0.39 is 12.0 Å². The number of halogens is 3. The van der Waals surface area contributed by atoms with Crippen molar-refractivity contribution < 1.29 is 23.0 Å². The highest BCUT2D eigenvalue weighted by Crippen LogP contribution is 2.30. The maximum Gasteiger partial charge on any atom is 0.573 e. The molecule has 1 aromatic rings. The van der Waals surface area contributed by atoms with Crippen LogP contribution in [-0.2, 0) is 6.42 Å². The van der Waals surface area contributed by atoms with Gasteiger partial charge in [-0.05, 0) is 38.1 Å². The number of likely N-dealkylation sites (tertiary alicyclic amines) is 1. The Bertz CT molecular complexity index is 448. The van der Waals surface area contributed by atoms with Gasteiger partial charge in [-0.1, -0.05) is 12.1 Å². The molecule has 0 bridgehead atoms. The summed E-state index contributed by atoms with van der Waals surface area (Å²) in [7, 11) is 1.95. The van der Waals surface area contributed by atoms with Gasteiger partial charge in [0.15, 0.2) is 0 Å². The van der Waals surface area contributed by atoms with Gasteiger partial charge in [-0.3, -0.25) is 0 Å². The Hall–Kier alpha value is -1.27. The number of hydrogen-bond acceptors (Lipinski definition) is 3. The van der Waals surface area contributed by atoms with E-state index in [9.17, 15) is 18.3 Å². The van der Waals surface area contributed by atoms with E-state index in [0.717, 1.165) is 5.56 Å². The molecule has 1 heterocycles. The molecule has 2 rings (SSSR count). The Balaban J connectivity index is 2.01. The first-order chi connectivity index (χ1) is 9.17. The summed E-state index contributed by atoms with van der Waals surface area (Å²) in [6.45, 7) is 2.60. The molecule has 1 fully saturated rings. The van der Waals surface area contributed by atoms with E-state index in [2.05, 4.69) is 9.64 Å². The molecule has 3 nitrogen and oxygen atoms in total. The quantitative estimate of drug-likeness (QED) is 0.928. The van der Waals surface area contributed by atoms with Crippen LogP contribution in [0.4, 0.5) is 13.2 Å². The standard InChI is InChI=1S/C14H18F3NO2/c1-10-7-13(19,9-18(10)2)8-11-3-5-12(6-4-11)20-14(15,16)17/h3-6,10,19H,7-9H2,1-2H3. The molecular weight excluding hydrogens is 271 g/mol. The summed E-state index contributed by atoms with van der Waals surface area (Å²) in [5.41, 5.74) is -0.0230. The third-order valence-corrected chi connectivity index (χ3v) is 3.66. The zero-order valence-electron chi connectivity index (χ0n) is 11.4. The van der Waals surface area contributed by atoms with E-state index in [4.69, 9.17) is 0 Å². The summed E-state index contributed by atoms with van der Waals surface area (Å²) in [5.74, 6) is -0.245. The number of alkyl halides is 3. The lowest BCUT2D eigenvalue weighted by atomic mass is 9.92. The van der Waals surface area contributed by atoms with E-state index in [1.54, 1.807) is 12.1 Å². The lowest BCUT2D eigenvalue weighted by molar-refractivity contribution is -0.274. The zero-order valence-corrected chi connectivity index (χ0v) is 11.4. The number of likely N-dealkylation sites (N-methyl/N-ethyl adjacent to an activating group) is 1. The van der Waals surface area contributed by atoms with Gasteiger partial charge in [0, 0.05) is 19.0 Å². The summed E-state index contributed by atoms with van der Waals surface area (Å²) in [5, 5.41) is 10.5. The summed E-state index contributed by atoms with van der Waals surface area (Å²) in [6.07, 6.45) is -3.60. The number of rotatable bonds is 3. The Kier molecular flexibility index (Phi) is 3.97. The number of hydrogen-bond donors (Lipinski definition) is 1. The summed E-state index contributed by atoms with van der Waals surface area (Å²) in [4.78, 5) is 2.07. The highest BCUT2D eigenvalue weighted by Gasteiger charge is 2.38. The van der Waals surface area contributed by atoms with Crippen LogP contribution < -0.4 is 4.74 Å². The van der Waals surface area contributed by atoms with Gasteiger partial charge in [0.2, 0.25) is 0 Å². The normalized spacial score (nSPS) is 27.8. The second-order valence-electron chi connectivity index (χ2n) is 5.56. The molecule has 0 aliphatic carbocycles. The molecule has 0 radical (unpaired) electrons. The monoisotopic (exact) mass is 289 g/mol. The largest absolute Gasteiger partial charge is 0.573 e. The van der Waals surface area contributed by atoms with E-state index in [-0.39, 0.29) is 5.75 Å². The second kappa shape index (κ2) is 5.26. The molecule has 2 atom stereocenters. The van der Waals surface area contributed by atoms with Crippen LogP contribution in [0, 0.1) is 0 Å². The van der Waals surface area contributed by atoms with Crippen molar-refractivity contribution in [3.8, 4) is 5.75 Å². The molecule has 1 saturated heterocycles. The minimum atomic E-state index is -4.68. The second-order valence-corrected chi connectivity index (χ2v) is 5.56. The highest BCUT2D eigenvalue weighted by atomic mass is 19.4. The van der Waals surface area contributed by atoms with Crippen LogP contribution in [0.15, 0.2) is 24.3 Å². The van der Waals surface area contributed by atoms with Crippen molar-refractivity contribution in [1.29, 1.82) is 0 Å². The van der Waals surface area contributed by atoms with Gasteiger partial charge in [-0.15, -0.1) is 13.2 Å². The molecule has 0 amide bonds. The molecular formula is C14H18F3NO2. The zero-order chi connectivity index (χ0) is 15.0. The predicted molar refractivity (Wildman–Crippen MR) is 68.5 cm³/mol. The van der Waals surface area contributed by atoms with Crippen molar-refractivity contribution in [1.82, 2.24) is 4.90 Å². The van der Waals surface area contributed by atoms with Gasteiger partial charge in [-0.2, -0.15) is 0 Å². The van der Waals surface area contributed by atoms with Crippen LogP contribution in [0.5, 0.6) is 5.75 Å². The molecule has 20 heavy (non-hydrogen) atoms. The van der Waals surface area contributed by atoms with Gasteiger partial charge in [0.1, 0.15) is 5.75 Å². The lowest BCUT2D eigenvalue weighted by Gasteiger charge is -2.22. The first-order valence-electron chi connectivity index (χ1n) is 6.44. The van der Waals surface area contributed by atoms with E-state index in [0.29, 0.717) is 25.4 Å². The number of ether oxygens (including phenoxy) is 1. The molecule has 1 N–H and O–H groups in total. The maximum atomic E-state index is 12.0. The fourth-order valence-corrected chi connectivity index (χ4v) is 2.71. The van der Waals surface area contributed by atoms with E-state index in [1.165, 1.54) is 12.1 Å². The van der Waals surface area contributed by atoms with E-state index >= 15 is 0 Å². The first kappa shape index (κ1) is 15.1. The van der Waals surface area contributed by atoms with Crippen molar-refractivity contribution >= 4 is 0 Å². The Labute approximate surface area is 116 Å². The molecule has 6 heteroatoms. The fraction of sp³-hybridized carbons (Fsp3) is 0.571. The van der Waals surface area contributed by atoms with Crippen molar-refractivity contribution in [2.45, 2.75) is 37.8 Å². The van der Waals surface area contributed by atoms with Crippen molar-refractivity contribution in [3.63, 3.8) is 0 Å². The van der Waals surface area contributed by atoms with Gasteiger partial charge < -0.3 is 14.7 Å². The van der Waals surface area contributed by atoms with Crippen molar-refractivity contribution in [3.05, 3.63) is 29.8 Å². The number of β-amino-alcohol motifs (C(OH)–C–C–N with tert-alkyl or cyclic N) is 1. The molecule has 1 aliphatic heterocycles. The minimum absolute atomic E-state index is 0.245. The molecule has 2 unspecified atom stereocenters. The smallest absolute Gasteiger partial charge is 0.406 e. The number of benzene rings is 1. The van der Waals surface area contributed by atoms with Crippen LogP contribution in [0.1, 0.15) is 18.9 Å². The van der Waals surface area contributed by atoms with Crippen LogP contribution in [0.2, 0.25) is 0 Å². The van der Waals surface area contributed by atoms with Crippen LogP contribution in [0.25, 0.3) is 0 Å². The van der Waals surface area contributed by atoms with Crippen molar-refractivity contribution in [2.75, 3.05) is 13.6 Å². The molecule has 112 valence electrons. The van der Waals surface area contributed by atoms with Crippen LogP contribution in [-0.4, -0.2) is 41.6 Å². The Morgan fingerprint density at radius 3 is 2.40 bits per heavy atom. The SMILES string of the molecule is CC1CC(O)(Cc2ccc(OC(F)(F)F)cc2)CN1C. The average Bonchev–Trinajstić information content (AvgIpc) is 2.53. The fourth-order valence-electron chi connectivity index (χ4n) is 2.71. The predicted octanol–water partition coefficient (Wildman–Crippen LogP) is 2.58. The first-order valence-corrected chi connectivity index (χ1v) is 6.44. The van der Waals surface area contributed by atoms with Gasteiger partial charge in [0.25, 0.3) is 0 Å². The molecule has 0 aromatic heterocycles. The van der Waals surface area contributed by atoms with Crippen LogP contribution >= 0.6 is 0 Å². The third kappa shape index (κ3) is 3.86. The van der Waals surface area contributed by atoms with Gasteiger partial charge in [0.05, 0.1) is 5.60 Å². The molecule has 1 aromatic carbocycles. The minimum Gasteiger partial charge on any atom is -0.406 e. The average molecular weight is 289 g/mol. The lowest BCUT2D eigenvalue weighted by Crippen LogP contribution is -2.34. The molecule has 0 spiro atoms. The van der Waals surface area contributed by atoms with Crippen LogP contribution in [0.3, 0.4) is 0 Å². The Morgan fingerprint density at radius 1 is 1.35 bits per heavy atom.